The quantitative estimate of drug-likeness (QED) is 0.900. The Balaban J connectivity index is 2.22. The van der Waals surface area contributed by atoms with E-state index in [1.165, 1.54) is 0 Å². The zero-order valence-electron chi connectivity index (χ0n) is 10.1. The second kappa shape index (κ2) is 5.91. The average molecular weight is 245 g/mol. The van der Waals surface area contributed by atoms with E-state index in [0.717, 1.165) is 5.56 Å². The molecular weight excluding hydrogens is 230 g/mol. The van der Waals surface area contributed by atoms with E-state index in [-0.39, 0.29) is 6.04 Å². The summed E-state index contributed by atoms with van der Waals surface area (Å²) in [4.78, 5) is 11.5. The summed E-state index contributed by atoms with van der Waals surface area (Å²) in [5.41, 5.74) is 0.945. The van der Waals surface area contributed by atoms with Crippen molar-refractivity contribution in [3.63, 3.8) is 0 Å². The number of carbonyl (C=O) groups is 1. The Hall–Kier alpha value is -2.23. The van der Waals surface area contributed by atoms with E-state index in [4.69, 9.17) is 9.15 Å². The molecule has 2 aromatic rings. The fourth-order valence-electron chi connectivity index (χ4n) is 1.71. The van der Waals surface area contributed by atoms with Gasteiger partial charge in [-0.05, 0) is 24.6 Å². The van der Waals surface area contributed by atoms with Crippen LogP contribution in [0.15, 0.2) is 53.1 Å². The molecule has 2 rings (SSSR count). The largest absolute Gasteiger partial charge is 0.467 e. The van der Waals surface area contributed by atoms with E-state index < -0.39 is 6.09 Å². The highest BCUT2D eigenvalue weighted by atomic mass is 16.5. The van der Waals surface area contributed by atoms with Crippen LogP contribution in [-0.4, -0.2) is 12.7 Å². The molecule has 1 atom stereocenters. The number of rotatable bonds is 4. The minimum atomic E-state index is -0.456. The van der Waals surface area contributed by atoms with Crippen LogP contribution in [0.25, 0.3) is 0 Å². The van der Waals surface area contributed by atoms with Crippen LogP contribution in [0.2, 0.25) is 0 Å². The predicted octanol–water partition coefficient (Wildman–Crippen LogP) is 3.12. The number of furan rings is 1. The molecule has 0 bridgehead atoms. The summed E-state index contributed by atoms with van der Waals surface area (Å²) < 4.78 is 10.3. The van der Waals surface area contributed by atoms with Crippen LogP contribution in [-0.2, 0) is 4.74 Å². The van der Waals surface area contributed by atoms with Gasteiger partial charge in [0.05, 0.1) is 12.9 Å². The average Bonchev–Trinajstić information content (AvgIpc) is 2.91. The van der Waals surface area contributed by atoms with Crippen molar-refractivity contribution in [3.8, 4) is 0 Å². The lowest BCUT2D eigenvalue weighted by molar-refractivity contribution is 0.148. The van der Waals surface area contributed by atoms with Crippen LogP contribution in [0.1, 0.15) is 24.3 Å². The first-order valence-corrected chi connectivity index (χ1v) is 5.83. The van der Waals surface area contributed by atoms with Gasteiger partial charge in [-0.15, -0.1) is 0 Å². The van der Waals surface area contributed by atoms with Gasteiger partial charge >= 0.3 is 6.09 Å². The summed E-state index contributed by atoms with van der Waals surface area (Å²) in [5, 5.41) is 2.78. The second-order valence-electron chi connectivity index (χ2n) is 3.72. The number of nitrogens with one attached hydrogen (secondary N) is 1. The number of ether oxygens (including phenoxy) is 1. The standard InChI is InChI=1S/C14H15NO3/c1-2-17-14(16)15-13(12-9-6-10-18-12)11-7-4-3-5-8-11/h3-10,13H,2H2,1H3,(H,15,16). The molecule has 0 spiro atoms. The molecule has 1 aromatic heterocycles. The van der Waals surface area contributed by atoms with Crippen molar-refractivity contribution in [3.05, 3.63) is 60.1 Å². The van der Waals surface area contributed by atoms with Crippen LogP contribution in [0.3, 0.4) is 0 Å². The molecule has 0 saturated carbocycles. The molecule has 1 aromatic carbocycles. The highest BCUT2D eigenvalue weighted by Crippen LogP contribution is 2.22. The molecular formula is C14H15NO3. The van der Waals surface area contributed by atoms with Crippen molar-refractivity contribution in [1.82, 2.24) is 5.32 Å². The van der Waals surface area contributed by atoms with Crippen LogP contribution < -0.4 is 5.32 Å². The normalized spacial score (nSPS) is 11.8. The van der Waals surface area contributed by atoms with E-state index in [1.807, 2.05) is 36.4 Å². The topological polar surface area (TPSA) is 51.5 Å². The molecule has 0 fully saturated rings. The second-order valence-corrected chi connectivity index (χ2v) is 3.72. The van der Waals surface area contributed by atoms with Crippen LogP contribution in [0.5, 0.6) is 0 Å². The van der Waals surface area contributed by atoms with Crippen molar-refractivity contribution < 1.29 is 13.9 Å². The van der Waals surface area contributed by atoms with Gasteiger partial charge in [0.15, 0.2) is 0 Å². The Kier molecular flexibility index (Phi) is 4.02. The Labute approximate surface area is 106 Å². The smallest absolute Gasteiger partial charge is 0.407 e. The lowest BCUT2D eigenvalue weighted by Gasteiger charge is -2.16. The summed E-state index contributed by atoms with van der Waals surface area (Å²) in [7, 11) is 0. The molecule has 4 heteroatoms. The predicted molar refractivity (Wildman–Crippen MR) is 67.2 cm³/mol. The zero-order chi connectivity index (χ0) is 12.8. The SMILES string of the molecule is CCOC(=O)NC(c1ccccc1)c1ccco1. The van der Waals surface area contributed by atoms with Crippen LogP contribution in [0.4, 0.5) is 4.79 Å². The van der Waals surface area contributed by atoms with Crippen molar-refractivity contribution >= 4 is 6.09 Å². The molecule has 0 aliphatic heterocycles. The number of hydrogen-bond acceptors (Lipinski definition) is 3. The van der Waals surface area contributed by atoms with E-state index in [2.05, 4.69) is 5.32 Å². The van der Waals surface area contributed by atoms with E-state index in [9.17, 15) is 4.79 Å². The number of benzene rings is 1. The molecule has 0 aliphatic carbocycles. The van der Waals surface area contributed by atoms with Gasteiger partial charge in [0.1, 0.15) is 11.8 Å². The third kappa shape index (κ3) is 2.91. The maximum Gasteiger partial charge on any atom is 0.407 e. The number of carbonyl (C=O) groups excluding carboxylic acids is 1. The maximum absolute atomic E-state index is 11.5. The molecule has 1 unspecified atom stereocenters. The molecule has 1 amide bonds. The Morgan fingerprint density at radius 1 is 1.28 bits per heavy atom. The highest BCUT2D eigenvalue weighted by molar-refractivity contribution is 5.68. The van der Waals surface area contributed by atoms with Crippen molar-refractivity contribution in [2.75, 3.05) is 6.61 Å². The Morgan fingerprint density at radius 3 is 2.67 bits per heavy atom. The van der Waals surface area contributed by atoms with Gasteiger partial charge in [-0.25, -0.2) is 4.79 Å². The lowest BCUT2D eigenvalue weighted by atomic mass is 10.1. The van der Waals surface area contributed by atoms with Gasteiger partial charge in [-0.3, -0.25) is 0 Å². The van der Waals surface area contributed by atoms with Gasteiger partial charge in [-0.1, -0.05) is 30.3 Å². The van der Waals surface area contributed by atoms with Crippen LogP contribution in [0, 0.1) is 0 Å². The van der Waals surface area contributed by atoms with Gasteiger partial charge < -0.3 is 14.5 Å². The molecule has 0 saturated heterocycles. The van der Waals surface area contributed by atoms with E-state index in [0.29, 0.717) is 12.4 Å². The summed E-state index contributed by atoms with van der Waals surface area (Å²) in [6.07, 6.45) is 1.13. The van der Waals surface area contributed by atoms with Crippen LogP contribution >= 0.6 is 0 Å². The number of amides is 1. The Morgan fingerprint density at radius 2 is 2.06 bits per heavy atom. The third-order valence-corrected chi connectivity index (χ3v) is 2.50. The summed E-state index contributed by atoms with van der Waals surface area (Å²) in [5.74, 6) is 0.675. The first-order chi connectivity index (χ1) is 8.81. The lowest BCUT2D eigenvalue weighted by Crippen LogP contribution is -2.29. The molecule has 18 heavy (non-hydrogen) atoms. The highest BCUT2D eigenvalue weighted by Gasteiger charge is 2.19. The molecule has 0 aliphatic rings. The summed E-state index contributed by atoms with van der Waals surface area (Å²) in [6, 6.07) is 12.9. The minimum Gasteiger partial charge on any atom is -0.467 e. The maximum atomic E-state index is 11.5. The fourth-order valence-corrected chi connectivity index (χ4v) is 1.71. The van der Waals surface area contributed by atoms with Gasteiger partial charge in [0.25, 0.3) is 0 Å². The van der Waals surface area contributed by atoms with Crippen molar-refractivity contribution in [2.24, 2.45) is 0 Å². The molecule has 4 nitrogen and oxygen atoms in total. The van der Waals surface area contributed by atoms with Crippen molar-refractivity contribution in [1.29, 1.82) is 0 Å². The first-order valence-electron chi connectivity index (χ1n) is 5.83. The molecule has 94 valence electrons. The summed E-state index contributed by atoms with van der Waals surface area (Å²) >= 11 is 0. The number of alkyl carbamates (subject to hydrolysis) is 1. The monoisotopic (exact) mass is 245 g/mol. The first kappa shape index (κ1) is 12.2. The van der Waals surface area contributed by atoms with Gasteiger partial charge in [-0.2, -0.15) is 0 Å². The summed E-state index contributed by atoms with van der Waals surface area (Å²) in [6.45, 7) is 2.11. The Bertz CT molecular complexity index is 479. The zero-order valence-corrected chi connectivity index (χ0v) is 10.1. The van der Waals surface area contributed by atoms with Gasteiger partial charge in [0, 0.05) is 0 Å². The van der Waals surface area contributed by atoms with Gasteiger partial charge in [0.2, 0.25) is 0 Å². The van der Waals surface area contributed by atoms with E-state index in [1.54, 1.807) is 19.3 Å². The minimum absolute atomic E-state index is 0.333. The fraction of sp³-hybridized carbons (Fsp3) is 0.214. The number of hydrogen-bond donors (Lipinski definition) is 1. The molecule has 1 heterocycles. The third-order valence-electron chi connectivity index (χ3n) is 2.50. The van der Waals surface area contributed by atoms with E-state index >= 15 is 0 Å². The van der Waals surface area contributed by atoms with Crippen molar-refractivity contribution in [2.45, 2.75) is 13.0 Å². The molecule has 0 radical (unpaired) electrons. The molecule has 1 N–H and O–H groups in total.